The van der Waals surface area contributed by atoms with Crippen molar-refractivity contribution < 1.29 is 14.3 Å². The first-order chi connectivity index (χ1) is 15.6. The van der Waals surface area contributed by atoms with E-state index in [1.807, 2.05) is 38.1 Å². The lowest BCUT2D eigenvalue weighted by Crippen LogP contribution is -2.31. The van der Waals surface area contributed by atoms with Crippen molar-refractivity contribution in [3.8, 4) is 5.75 Å². The van der Waals surface area contributed by atoms with Gasteiger partial charge in [0.05, 0.1) is 24.7 Å². The Balaban J connectivity index is 1.58. The second-order valence-corrected chi connectivity index (χ2v) is 8.20. The normalized spacial score (nSPS) is 11.0. The van der Waals surface area contributed by atoms with Crippen molar-refractivity contribution in [1.29, 1.82) is 0 Å². The predicted molar refractivity (Wildman–Crippen MR) is 126 cm³/mol. The number of carbonyl (C=O) groups is 1. The van der Waals surface area contributed by atoms with Crippen LogP contribution in [0.1, 0.15) is 19.4 Å². The number of fused-ring (bicyclic) bond motifs is 1. The standard InChI is InChI=1S/C22H30N6O3S/c1-4-30-12-10-24-20-18-14-25-28(21(18)27-22(26-20)32-5-2)11-9-23-19(29)15-31-17-8-6-7-16(3)13-17/h6-8,13-14H,4-5,9-12,15H2,1-3H3,(H,23,29)(H,24,26,27). The van der Waals surface area contributed by atoms with E-state index in [4.69, 9.17) is 9.47 Å². The van der Waals surface area contributed by atoms with Crippen molar-refractivity contribution in [2.45, 2.75) is 32.5 Å². The van der Waals surface area contributed by atoms with Crippen LogP contribution in [0.3, 0.4) is 0 Å². The van der Waals surface area contributed by atoms with E-state index in [0.717, 1.165) is 28.2 Å². The maximum Gasteiger partial charge on any atom is 0.258 e. The van der Waals surface area contributed by atoms with Crippen molar-refractivity contribution in [1.82, 2.24) is 25.1 Å². The van der Waals surface area contributed by atoms with Crippen LogP contribution in [-0.4, -0.2) is 64.3 Å². The number of hydrogen-bond acceptors (Lipinski definition) is 8. The summed E-state index contributed by atoms with van der Waals surface area (Å²) in [7, 11) is 0. The smallest absolute Gasteiger partial charge is 0.258 e. The molecule has 0 unspecified atom stereocenters. The molecule has 2 aromatic heterocycles. The Kier molecular flexibility index (Phi) is 9.12. The molecule has 10 heteroatoms. The number of nitrogens with one attached hydrogen (secondary N) is 2. The molecular formula is C22H30N6O3S. The Morgan fingerprint density at radius 1 is 1.22 bits per heavy atom. The highest BCUT2D eigenvalue weighted by Gasteiger charge is 2.13. The molecule has 0 aliphatic rings. The number of aryl methyl sites for hydroxylation is 1. The summed E-state index contributed by atoms with van der Waals surface area (Å²) in [4.78, 5) is 21.4. The first kappa shape index (κ1) is 23.8. The van der Waals surface area contributed by atoms with Gasteiger partial charge in [0.25, 0.3) is 5.91 Å². The van der Waals surface area contributed by atoms with Crippen molar-refractivity contribution >= 4 is 34.5 Å². The second-order valence-electron chi connectivity index (χ2n) is 6.97. The van der Waals surface area contributed by atoms with Crippen molar-refractivity contribution in [3.63, 3.8) is 0 Å². The zero-order valence-corrected chi connectivity index (χ0v) is 19.6. The number of amides is 1. The minimum atomic E-state index is -0.182. The van der Waals surface area contributed by atoms with Gasteiger partial charge in [0, 0.05) is 19.7 Å². The molecule has 0 atom stereocenters. The summed E-state index contributed by atoms with van der Waals surface area (Å²) in [5.74, 6) is 2.11. The lowest BCUT2D eigenvalue weighted by molar-refractivity contribution is -0.123. The molecule has 172 valence electrons. The highest BCUT2D eigenvalue weighted by molar-refractivity contribution is 7.99. The van der Waals surface area contributed by atoms with E-state index >= 15 is 0 Å². The molecular weight excluding hydrogens is 428 g/mol. The van der Waals surface area contributed by atoms with Gasteiger partial charge in [-0.25, -0.2) is 14.6 Å². The maximum absolute atomic E-state index is 12.1. The Morgan fingerprint density at radius 3 is 2.88 bits per heavy atom. The number of hydrogen-bond donors (Lipinski definition) is 2. The van der Waals surface area contributed by atoms with Crippen LogP contribution in [0.2, 0.25) is 0 Å². The Hall–Kier alpha value is -2.85. The van der Waals surface area contributed by atoms with Gasteiger partial charge in [-0.15, -0.1) is 0 Å². The number of aromatic nitrogens is 4. The van der Waals surface area contributed by atoms with E-state index in [0.29, 0.717) is 43.8 Å². The first-order valence-electron chi connectivity index (χ1n) is 10.7. The minimum absolute atomic E-state index is 0.0311. The highest BCUT2D eigenvalue weighted by atomic mass is 32.2. The Morgan fingerprint density at radius 2 is 2.09 bits per heavy atom. The van der Waals surface area contributed by atoms with Gasteiger partial charge >= 0.3 is 0 Å². The molecule has 0 radical (unpaired) electrons. The van der Waals surface area contributed by atoms with Crippen molar-refractivity contribution in [2.24, 2.45) is 0 Å². The van der Waals surface area contributed by atoms with Gasteiger partial charge in [0.2, 0.25) is 0 Å². The van der Waals surface area contributed by atoms with Crippen LogP contribution in [0.5, 0.6) is 5.75 Å². The molecule has 0 saturated heterocycles. The lowest BCUT2D eigenvalue weighted by atomic mass is 10.2. The average molecular weight is 459 g/mol. The molecule has 0 aliphatic carbocycles. The fourth-order valence-electron chi connectivity index (χ4n) is 3.02. The molecule has 0 bridgehead atoms. The van der Waals surface area contributed by atoms with E-state index in [-0.39, 0.29) is 12.5 Å². The Bertz CT molecular complexity index is 1030. The topological polar surface area (TPSA) is 103 Å². The van der Waals surface area contributed by atoms with Crippen LogP contribution in [-0.2, 0) is 16.1 Å². The quantitative estimate of drug-likeness (QED) is 0.229. The largest absolute Gasteiger partial charge is 0.484 e. The van der Waals surface area contributed by atoms with Crippen LogP contribution in [0.4, 0.5) is 5.82 Å². The molecule has 32 heavy (non-hydrogen) atoms. The van der Waals surface area contributed by atoms with Crippen LogP contribution >= 0.6 is 11.8 Å². The van der Waals surface area contributed by atoms with Crippen LogP contribution < -0.4 is 15.4 Å². The van der Waals surface area contributed by atoms with Gasteiger partial charge in [-0.3, -0.25) is 4.79 Å². The van der Waals surface area contributed by atoms with Crippen molar-refractivity contribution in [2.75, 3.05) is 44.0 Å². The zero-order valence-electron chi connectivity index (χ0n) is 18.8. The fourth-order valence-corrected chi connectivity index (χ4v) is 3.58. The van der Waals surface area contributed by atoms with Crippen LogP contribution in [0.25, 0.3) is 11.0 Å². The molecule has 3 rings (SSSR count). The fraction of sp³-hybridized carbons (Fsp3) is 0.455. The number of nitrogens with zero attached hydrogens (tertiary/aromatic N) is 4. The molecule has 1 aromatic carbocycles. The van der Waals surface area contributed by atoms with Crippen LogP contribution in [0, 0.1) is 6.92 Å². The predicted octanol–water partition coefficient (Wildman–Crippen LogP) is 2.89. The molecule has 0 saturated carbocycles. The minimum Gasteiger partial charge on any atom is -0.484 e. The summed E-state index contributed by atoms with van der Waals surface area (Å²) in [6.45, 7) is 8.82. The monoisotopic (exact) mass is 458 g/mol. The summed E-state index contributed by atoms with van der Waals surface area (Å²) >= 11 is 1.57. The summed E-state index contributed by atoms with van der Waals surface area (Å²) in [6, 6.07) is 7.62. The zero-order chi connectivity index (χ0) is 22.8. The van der Waals surface area contributed by atoms with E-state index in [9.17, 15) is 4.79 Å². The van der Waals surface area contributed by atoms with E-state index in [2.05, 4.69) is 32.6 Å². The summed E-state index contributed by atoms with van der Waals surface area (Å²) in [6.07, 6.45) is 1.75. The van der Waals surface area contributed by atoms with E-state index in [1.165, 1.54) is 0 Å². The molecule has 1 amide bonds. The van der Waals surface area contributed by atoms with Gasteiger partial charge in [-0.2, -0.15) is 5.10 Å². The number of benzene rings is 1. The van der Waals surface area contributed by atoms with Gasteiger partial charge in [0.15, 0.2) is 17.4 Å². The maximum atomic E-state index is 12.1. The molecule has 2 heterocycles. The van der Waals surface area contributed by atoms with E-state index < -0.39 is 0 Å². The summed E-state index contributed by atoms with van der Waals surface area (Å²) in [5.41, 5.74) is 1.82. The SMILES string of the molecule is CCOCCNc1nc(SCC)nc2c1cnn2CCNC(=O)COc1cccc(C)c1. The third-order valence-electron chi connectivity index (χ3n) is 4.50. The molecule has 0 aliphatic heterocycles. The summed E-state index contributed by atoms with van der Waals surface area (Å²) < 4.78 is 12.7. The molecule has 2 N–H and O–H groups in total. The van der Waals surface area contributed by atoms with Gasteiger partial charge < -0.3 is 20.1 Å². The third-order valence-corrected chi connectivity index (χ3v) is 5.23. The number of ether oxygens (including phenoxy) is 2. The average Bonchev–Trinajstić information content (AvgIpc) is 3.18. The molecule has 9 nitrogen and oxygen atoms in total. The van der Waals surface area contributed by atoms with Gasteiger partial charge in [-0.05, 0) is 37.3 Å². The number of rotatable bonds is 13. The summed E-state index contributed by atoms with van der Waals surface area (Å²) in [5, 5.41) is 12.2. The van der Waals surface area contributed by atoms with Crippen molar-refractivity contribution in [3.05, 3.63) is 36.0 Å². The number of thioether (sulfide) groups is 1. The number of anilines is 1. The van der Waals surface area contributed by atoms with Gasteiger partial charge in [0.1, 0.15) is 11.6 Å². The molecule has 0 fully saturated rings. The van der Waals surface area contributed by atoms with Crippen LogP contribution in [0.15, 0.2) is 35.6 Å². The van der Waals surface area contributed by atoms with Gasteiger partial charge in [-0.1, -0.05) is 30.8 Å². The molecule has 3 aromatic rings. The van der Waals surface area contributed by atoms with E-state index in [1.54, 1.807) is 22.6 Å². The highest BCUT2D eigenvalue weighted by Crippen LogP contribution is 2.24. The first-order valence-corrected chi connectivity index (χ1v) is 11.7. The second kappa shape index (κ2) is 12.3. The molecule has 0 spiro atoms. The lowest BCUT2D eigenvalue weighted by Gasteiger charge is -2.10. The number of carbonyl (C=O) groups excluding carboxylic acids is 1. The Labute approximate surface area is 192 Å². The third kappa shape index (κ3) is 6.83.